The summed E-state index contributed by atoms with van der Waals surface area (Å²) in [6, 6.07) is 3.69. The standard InChI is InChI=1S/C11H13N5O/c1-2-9-14-10(16-15-9)11(17)13-7-8-3-5-12-6-4-8/h3-6H,2,7H2,1H3,(H,13,17)(H,14,15,16). The summed E-state index contributed by atoms with van der Waals surface area (Å²) >= 11 is 0. The molecule has 0 atom stereocenters. The van der Waals surface area contributed by atoms with E-state index in [4.69, 9.17) is 0 Å². The van der Waals surface area contributed by atoms with E-state index in [1.807, 2.05) is 19.1 Å². The minimum absolute atomic E-state index is 0.177. The van der Waals surface area contributed by atoms with Gasteiger partial charge in [-0.15, -0.1) is 5.10 Å². The number of hydrogen-bond donors (Lipinski definition) is 2. The molecule has 17 heavy (non-hydrogen) atoms. The molecule has 0 spiro atoms. The van der Waals surface area contributed by atoms with Crippen LogP contribution in [-0.2, 0) is 13.0 Å². The molecule has 0 bridgehead atoms. The van der Waals surface area contributed by atoms with Gasteiger partial charge in [0.2, 0.25) is 5.82 Å². The van der Waals surface area contributed by atoms with E-state index in [0.29, 0.717) is 12.4 Å². The molecular formula is C11H13N5O. The minimum Gasteiger partial charge on any atom is -0.345 e. The normalized spacial score (nSPS) is 10.2. The number of H-pyrrole nitrogens is 1. The second-order valence-corrected chi connectivity index (χ2v) is 3.50. The van der Waals surface area contributed by atoms with E-state index in [2.05, 4.69) is 25.5 Å². The Labute approximate surface area is 98.5 Å². The first-order chi connectivity index (χ1) is 8.29. The van der Waals surface area contributed by atoms with Crippen molar-refractivity contribution in [2.75, 3.05) is 0 Å². The lowest BCUT2D eigenvalue weighted by Crippen LogP contribution is -2.24. The molecule has 2 aromatic rings. The molecule has 6 nitrogen and oxygen atoms in total. The number of aromatic nitrogens is 4. The summed E-state index contributed by atoms with van der Waals surface area (Å²) in [6.07, 6.45) is 4.09. The van der Waals surface area contributed by atoms with Crippen LogP contribution in [0, 0.1) is 0 Å². The van der Waals surface area contributed by atoms with Gasteiger partial charge in [-0.3, -0.25) is 14.9 Å². The van der Waals surface area contributed by atoms with E-state index in [1.54, 1.807) is 12.4 Å². The van der Waals surface area contributed by atoms with Gasteiger partial charge in [0, 0.05) is 25.4 Å². The molecule has 2 rings (SSSR count). The van der Waals surface area contributed by atoms with Crippen molar-refractivity contribution in [2.24, 2.45) is 0 Å². The zero-order chi connectivity index (χ0) is 12.1. The fourth-order valence-corrected chi connectivity index (χ4v) is 1.32. The maximum Gasteiger partial charge on any atom is 0.291 e. The molecular weight excluding hydrogens is 218 g/mol. The van der Waals surface area contributed by atoms with Crippen LogP contribution in [0.5, 0.6) is 0 Å². The third kappa shape index (κ3) is 2.87. The van der Waals surface area contributed by atoms with Crippen LogP contribution >= 0.6 is 0 Å². The molecule has 0 radical (unpaired) electrons. The Morgan fingerprint density at radius 3 is 2.82 bits per heavy atom. The van der Waals surface area contributed by atoms with Crippen LogP contribution in [0.3, 0.4) is 0 Å². The predicted octanol–water partition coefficient (Wildman–Crippen LogP) is 0.692. The second kappa shape index (κ2) is 5.20. The van der Waals surface area contributed by atoms with Crippen molar-refractivity contribution < 1.29 is 4.79 Å². The molecule has 0 unspecified atom stereocenters. The number of aryl methyl sites for hydroxylation is 1. The van der Waals surface area contributed by atoms with Crippen molar-refractivity contribution in [3.63, 3.8) is 0 Å². The summed E-state index contributed by atoms with van der Waals surface area (Å²) in [7, 11) is 0. The zero-order valence-corrected chi connectivity index (χ0v) is 9.47. The molecule has 2 N–H and O–H groups in total. The van der Waals surface area contributed by atoms with Crippen molar-refractivity contribution in [2.45, 2.75) is 19.9 Å². The first kappa shape index (κ1) is 11.3. The zero-order valence-electron chi connectivity index (χ0n) is 9.47. The summed E-state index contributed by atoms with van der Waals surface area (Å²) in [6.45, 7) is 2.39. The van der Waals surface area contributed by atoms with Crippen LogP contribution < -0.4 is 5.32 Å². The number of nitrogens with zero attached hydrogens (tertiary/aromatic N) is 3. The highest BCUT2D eigenvalue weighted by Gasteiger charge is 2.10. The highest BCUT2D eigenvalue weighted by molar-refractivity contribution is 5.90. The summed E-state index contributed by atoms with van der Waals surface area (Å²) < 4.78 is 0. The van der Waals surface area contributed by atoms with Crippen LogP contribution in [0.4, 0.5) is 0 Å². The minimum atomic E-state index is -0.280. The molecule has 0 aliphatic rings. The highest BCUT2D eigenvalue weighted by Crippen LogP contribution is 1.97. The van der Waals surface area contributed by atoms with E-state index in [-0.39, 0.29) is 11.7 Å². The van der Waals surface area contributed by atoms with Gasteiger partial charge < -0.3 is 5.32 Å². The maximum atomic E-state index is 11.7. The number of aromatic amines is 1. The first-order valence-electron chi connectivity index (χ1n) is 5.38. The van der Waals surface area contributed by atoms with Gasteiger partial charge in [-0.2, -0.15) is 0 Å². The molecule has 0 aromatic carbocycles. The van der Waals surface area contributed by atoms with E-state index in [1.165, 1.54) is 0 Å². The van der Waals surface area contributed by atoms with Crippen molar-refractivity contribution in [3.05, 3.63) is 41.7 Å². The van der Waals surface area contributed by atoms with Crippen LogP contribution in [0.1, 0.15) is 28.9 Å². The van der Waals surface area contributed by atoms with Gasteiger partial charge in [0.15, 0.2) is 0 Å². The number of hydrogen-bond acceptors (Lipinski definition) is 4. The monoisotopic (exact) mass is 231 g/mol. The molecule has 6 heteroatoms. The number of nitrogens with one attached hydrogen (secondary N) is 2. The molecule has 0 fully saturated rings. The number of amides is 1. The summed E-state index contributed by atoms with van der Waals surface area (Å²) in [5, 5.41) is 9.28. The topological polar surface area (TPSA) is 83.6 Å². The number of carbonyl (C=O) groups excluding carboxylic acids is 1. The maximum absolute atomic E-state index is 11.7. The average molecular weight is 231 g/mol. The van der Waals surface area contributed by atoms with Gasteiger partial charge in [0.25, 0.3) is 5.91 Å². The van der Waals surface area contributed by atoms with Crippen molar-refractivity contribution in [1.82, 2.24) is 25.5 Å². The lowest BCUT2D eigenvalue weighted by molar-refractivity contribution is 0.0941. The SMILES string of the molecule is CCc1nc(C(=O)NCc2ccncc2)n[nH]1. The third-order valence-corrected chi connectivity index (χ3v) is 2.27. The van der Waals surface area contributed by atoms with E-state index in [0.717, 1.165) is 12.0 Å². The number of rotatable bonds is 4. The van der Waals surface area contributed by atoms with E-state index >= 15 is 0 Å². The van der Waals surface area contributed by atoms with Gasteiger partial charge in [0.1, 0.15) is 5.82 Å². The molecule has 2 heterocycles. The average Bonchev–Trinajstić information content (AvgIpc) is 2.86. The number of carbonyl (C=O) groups is 1. The molecule has 1 amide bonds. The molecule has 88 valence electrons. The van der Waals surface area contributed by atoms with Crippen molar-refractivity contribution in [3.8, 4) is 0 Å². The van der Waals surface area contributed by atoms with Gasteiger partial charge in [-0.1, -0.05) is 6.92 Å². The largest absolute Gasteiger partial charge is 0.345 e. The Kier molecular flexibility index (Phi) is 3.44. The first-order valence-corrected chi connectivity index (χ1v) is 5.38. The molecule has 0 aliphatic carbocycles. The van der Waals surface area contributed by atoms with Crippen LogP contribution in [-0.4, -0.2) is 26.1 Å². The molecule has 0 aliphatic heterocycles. The summed E-state index contributed by atoms with van der Waals surface area (Å²) in [4.78, 5) is 19.6. The molecule has 2 aromatic heterocycles. The van der Waals surface area contributed by atoms with Gasteiger partial charge >= 0.3 is 0 Å². The fraction of sp³-hybridized carbons (Fsp3) is 0.273. The Balaban J connectivity index is 1.93. The van der Waals surface area contributed by atoms with Crippen molar-refractivity contribution >= 4 is 5.91 Å². The second-order valence-electron chi connectivity index (χ2n) is 3.50. The fourth-order valence-electron chi connectivity index (χ4n) is 1.32. The Morgan fingerprint density at radius 2 is 2.18 bits per heavy atom. The van der Waals surface area contributed by atoms with Crippen LogP contribution in [0.25, 0.3) is 0 Å². The van der Waals surface area contributed by atoms with Crippen LogP contribution in [0.2, 0.25) is 0 Å². The molecule has 0 saturated heterocycles. The lowest BCUT2D eigenvalue weighted by Gasteiger charge is -2.01. The Bertz CT molecular complexity index is 494. The predicted molar refractivity (Wildman–Crippen MR) is 61.2 cm³/mol. The van der Waals surface area contributed by atoms with Gasteiger partial charge in [-0.05, 0) is 17.7 Å². The lowest BCUT2D eigenvalue weighted by atomic mass is 10.3. The molecule has 0 saturated carbocycles. The van der Waals surface area contributed by atoms with E-state index in [9.17, 15) is 4.79 Å². The van der Waals surface area contributed by atoms with Crippen molar-refractivity contribution in [1.29, 1.82) is 0 Å². The van der Waals surface area contributed by atoms with Gasteiger partial charge in [0.05, 0.1) is 0 Å². The summed E-state index contributed by atoms with van der Waals surface area (Å²) in [5.74, 6) is 0.604. The Morgan fingerprint density at radius 1 is 1.41 bits per heavy atom. The summed E-state index contributed by atoms with van der Waals surface area (Å²) in [5.41, 5.74) is 0.986. The number of pyridine rings is 1. The Hall–Kier alpha value is -2.24. The quantitative estimate of drug-likeness (QED) is 0.811. The third-order valence-electron chi connectivity index (χ3n) is 2.27. The highest BCUT2D eigenvalue weighted by atomic mass is 16.2. The van der Waals surface area contributed by atoms with E-state index < -0.39 is 0 Å². The van der Waals surface area contributed by atoms with Gasteiger partial charge in [-0.25, -0.2) is 4.98 Å². The van der Waals surface area contributed by atoms with Crippen LogP contribution in [0.15, 0.2) is 24.5 Å². The smallest absolute Gasteiger partial charge is 0.291 e.